The number of benzene rings is 2. The lowest BCUT2D eigenvalue weighted by Crippen LogP contribution is -2.13. The van der Waals surface area contributed by atoms with Gasteiger partial charge in [0.25, 0.3) is 10.0 Å². The van der Waals surface area contributed by atoms with Gasteiger partial charge in [-0.2, -0.15) is 0 Å². The van der Waals surface area contributed by atoms with Gasteiger partial charge in [0.15, 0.2) is 0 Å². The minimum absolute atomic E-state index is 0.140. The van der Waals surface area contributed by atoms with Crippen LogP contribution in [0.5, 0.6) is 0 Å². The molecule has 29 heavy (non-hydrogen) atoms. The zero-order valence-corrected chi connectivity index (χ0v) is 18.9. The number of ether oxygens (including phenoxy) is 2. The first-order chi connectivity index (χ1) is 13.7. The van der Waals surface area contributed by atoms with Gasteiger partial charge in [0.2, 0.25) is 0 Å². The van der Waals surface area contributed by atoms with E-state index in [9.17, 15) is 13.2 Å². The Labute approximate surface area is 178 Å². The van der Waals surface area contributed by atoms with Gasteiger partial charge in [-0.3, -0.25) is 4.72 Å². The smallest absolute Gasteiger partial charge is 0.342 e. The summed E-state index contributed by atoms with van der Waals surface area (Å²) in [5.41, 5.74) is 1.04. The van der Waals surface area contributed by atoms with Crippen molar-refractivity contribution < 1.29 is 27.1 Å². The van der Waals surface area contributed by atoms with E-state index in [2.05, 4.69) is 25.4 Å². The van der Waals surface area contributed by atoms with Gasteiger partial charge in [-0.25, -0.2) is 13.2 Å². The van der Waals surface area contributed by atoms with E-state index in [0.717, 1.165) is 0 Å². The molecule has 0 unspecified atom stereocenters. The Hall–Kier alpha value is -2.36. The molecule has 0 saturated heterocycles. The van der Waals surface area contributed by atoms with Gasteiger partial charge in [-0.05, 0) is 54.0 Å². The summed E-state index contributed by atoms with van der Waals surface area (Å²) in [6, 6.07) is 11.2. The van der Waals surface area contributed by atoms with E-state index in [1.165, 1.54) is 12.1 Å². The number of esters is 1. The van der Waals surface area contributed by atoms with E-state index in [1.807, 2.05) is 0 Å². The number of fused-ring (bicyclic) bond motifs is 1. The SMILES string of the molecule is CCOC(=O)c1c(C)oc2cc(Br)c(NS(=O)(=O)c3ccccc3)cc12.COC. The number of aryl methyl sites for hydroxylation is 1. The van der Waals surface area contributed by atoms with Crippen LogP contribution in [-0.4, -0.2) is 35.2 Å². The second-order valence-electron chi connectivity index (χ2n) is 5.91. The first kappa shape index (κ1) is 22.9. The lowest BCUT2D eigenvalue weighted by atomic mass is 10.1. The van der Waals surface area contributed by atoms with Crippen LogP contribution in [-0.2, 0) is 19.5 Å². The van der Waals surface area contributed by atoms with Crippen LogP contribution in [0.3, 0.4) is 0 Å². The van der Waals surface area contributed by atoms with Crippen molar-refractivity contribution in [3.63, 3.8) is 0 Å². The van der Waals surface area contributed by atoms with Crippen LogP contribution in [0.25, 0.3) is 11.0 Å². The number of carbonyl (C=O) groups excluding carboxylic acids is 1. The molecule has 0 radical (unpaired) electrons. The van der Waals surface area contributed by atoms with Crippen molar-refractivity contribution in [2.75, 3.05) is 25.5 Å². The quantitative estimate of drug-likeness (QED) is 0.526. The van der Waals surface area contributed by atoms with Gasteiger partial charge in [0.1, 0.15) is 16.9 Å². The Bertz CT molecular complexity index is 1090. The highest BCUT2D eigenvalue weighted by Crippen LogP contribution is 2.35. The molecule has 3 rings (SSSR count). The van der Waals surface area contributed by atoms with Gasteiger partial charge < -0.3 is 13.9 Å². The number of carbonyl (C=O) groups is 1. The molecule has 0 bridgehead atoms. The van der Waals surface area contributed by atoms with Crippen LogP contribution in [0.15, 0.2) is 56.2 Å². The first-order valence-corrected chi connectivity index (χ1v) is 10.9. The molecule has 3 aromatic rings. The zero-order valence-electron chi connectivity index (χ0n) is 16.5. The van der Waals surface area contributed by atoms with E-state index in [-0.39, 0.29) is 17.1 Å². The fourth-order valence-corrected chi connectivity index (χ4v) is 4.22. The Morgan fingerprint density at radius 3 is 2.38 bits per heavy atom. The molecular formula is C20H22BrNO6S. The highest BCUT2D eigenvalue weighted by Gasteiger charge is 2.22. The summed E-state index contributed by atoms with van der Waals surface area (Å²) in [5.74, 6) is -0.101. The van der Waals surface area contributed by atoms with E-state index in [0.29, 0.717) is 26.9 Å². The number of anilines is 1. The summed E-state index contributed by atoms with van der Waals surface area (Å²) in [5, 5.41) is 0.481. The van der Waals surface area contributed by atoms with Crippen LogP contribution < -0.4 is 4.72 Å². The number of sulfonamides is 1. The van der Waals surface area contributed by atoms with Gasteiger partial charge >= 0.3 is 5.97 Å². The molecule has 1 N–H and O–H groups in total. The molecule has 1 aromatic heterocycles. The zero-order chi connectivity index (χ0) is 21.6. The van der Waals surface area contributed by atoms with Gasteiger partial charge in [-0.15, -0.1) is 0 Å². The van der Waals surface area contributed by atoms with E-state index >= 15 is 0 Å². The van der Waals surface area contributed by atoms with Crippen LogP contribution in [0.4, 0.5) is 5.69 Å². The first-order valence-electron chi connectivity index (χ1n) is 8.62. The number of methoxy groups -OCH3 is 1. The van der Waals surface area contributed by atoms with Crippen LogP contribution >= 0.6 is 15.9 Å². The summed E-state index contributed by atoms with van der Waals surface area (Å²) in [7, 11) is -0.518. The maximum absolute atomic E-state index is 12.6. The fourth-order valence-electron chi connectivity index (χ4n) is 2.58. The lowest BCUT2D eigenvalue weighted by Gasteiger charge is -2.10. The highest BCUT2D eigenvalue weighted by atomic mass is 79.9. The van der Waals surface area contributed by atoms with Crippen molar-refractivity contribution in [1.82, 2.24) is 0 Å². The molecule has 0 atom stereocenters. The van der Waals surface area contributed by atoms with Crippen molar-refractivity contribution >= 4 is 48.6 Å². The monoisotopic (exact) mass is 483 g/mol. The molecule has 0 aliphatic carbocycles. The van der Waals surface area contributed by atoms with Crippen molar-refractivity contribution in [3.8, 4) is 0 Å². The minimum Gasteiger partial charge on any atom is -0.462 e. The van der Waals surface area contributed by atoms with Crippen molar-refractivity contribution in [1.29, 1.82) is 0 Å². The number of halogens is 1. The Morgan fingerprint density at radius 2 is 1.79 bits per heavy atom. The van der Waals surface area contributed by atoms with Gasteiger partial charge in [0, 0.05) is 24.1 Å². The predicted molar refractivity (Wildman–Crippen MR) is 115 cm³/mol. The molecule has 7 nitrogen and oxygen atoms in total. The second kappa shape index (κ2) is 9.91. The minimum atomic E-state index is -3.77. The topological polar surface area (TPSA) is 94.8 Å². The van der Waals surface area contributed by atoms with Crippen LogP contribution in [0, 0.1) is 6.92 Å². The highest BCUT2D eigenvalue weighted by molar-refractivity contribution is 9.10. The number of nitrogens with one attached hydrogen (secondary N) is 1. The van der Waals surface area contributed by atoms with E-state index in [4.69, 9.17) is 9.15 Å². The standard InChI is InChI=1S/C18H16BrNO5S.C2H6O/c1-3-24-18(21)17-11(2)25-16-10-14(19)15(9-13(16)17)20-26(22,23)12-7-5-4-6-8-12;1-3-2/h4-10,20H,3H2,1-2H3;1-2H3. The third-order valence-corrected chi connectivity index (χ3v) is 5.77. The van der Waals surface area contributed by atoms with E-state index in [1.54, 1.807) is 58.4 Å². The van der Waals surface area contributed by atoms with Crippen molar-refractivity contribution in [3.05, 3.63) is 58.3 Å². The molecule has 0 aliphatic heterocycles. The maximum atomic E-state index is 12.6. The average molecular weight is 484 g/mol. The fraction of sp³-hybridized carbons (Fsp3) is 0.250. The lowest BCUT2D eigenvalue weighted by molar-refractivity contribution is 0.0526. The molecule has 156 valence electrons. The summed E-state index contributed by atoms with van der Waals surface area (Å²) in [6.45, 7) is 3.61. The van der Waals surface area contributed by atoms with E-state index < -0.39 is 16.0 Å². The van der Waals surface area contributed by atoms with Crippen molar-refractivity contribution in [2.45, 2.75) is 18.7 Å². The molecule has 0 saturated carbocycles. The molecule has 2 aromatic carbocycles. The molecule has 0 fully saturated rings. The molecule has 9 heteroatoms. The number of hydrogen-bond acceptors (Lipinski definition) is 6. The summed E-state index contributed by atoms with van der Waals surface area (Å²) in [6.07, 6.45) is 0. The molecule has 0 aliphatic rings. The summed E-state index contributed by atoms with van der Waals surface area (Å²) >= 11 is 3.34. The molecular weight excluding hydrogens is 462 g/mol. The van der Waals surface area contributed by atoms with Crippen LogP contribution in [0.1, 0.15) is 23.0 Å². The number of hydrogen-bond donors (Lipinski definition) is 1. The third kappa shape index (κ3) is 5.37. The molecule has 0 spiro atoms. The normalized spacial score (nSPS) is 10.9. The number of rotatable bonds is 5. The van der Waals surface area contributed by atoms with Gasteiger partial charge in [0.05, 0.1) is 17.2 Å². The average Bonchev–Trinajstić information content (AvgIpc) is 2.98. The largest absolute Gasteiger partial charge is 0.462 e. The third-order valence-electron chi connectivity index (χ3n) is 3.73. The molecule has 0 amide bonds. The van der Waals surface area contributed by atoms with Gasteiger partial charge in [-0.1, -0.05) is 18.2 Å². The Balaban J connectivity index is 0.000000941. The number of furan rings is 1. The second-order valence-corrected chi connectivity index (χ2v) is 8.45. The summed E-state index contributed by atoms with van der Waals surface area (Å²) in [4.78, 5) is 12.4. The Morgan fingerprint density at radius 1 is 1.17 bits per heavy atom. The summed E-state index contributed by atoms with van der Waals surface area (Å²) < 4.78 is 43.1. The van der Waals surface area contributed by atoms with Crippen LogP contribution in [0.2, 0.25) is 0 Å². The predicted octanol–water partition coefficient (Wildman–Crippen LogP) is 4.74. The maximum Gasteiger partial charge on any atom is 0.342 e. The van der Waals surface area contributed by atoms with Crippen molar-refractivity contribution in [2.24, 2.45) is 0 Å². The Kier molecular flexibility index (Phi) is 7.83. The molecule has 1 heterocycles.